The molecule has 0 unspecified atom stereocenters. The van der Waals surface area contributed by atoms with Crippen molar-refractivity contribution < 1.29 is 19.4 Å². The van der Waals surface area contributed by atoms with Crippen LogP contribution in [0.3, 0.4) is 0 Å². The quantitative estimate of drug-likeness (QED) is 0.748. The number of benzene rings is 1. The number of amides is 2. The third kappa shape index (κ3) is 2.19. The number of aliphatic hydroxyl groups excluding tert-OH is 1. The monoisotopic (exact) mass is 233 g/mol. The lowest BCUT2D eigenvalue weighted by atomic mass is 10.00. The molecule has 1 aliphatic heterocycles. The van der Waals surface area contributed by atoms with Gasteiger partial charge >= 0.3 is 6.09 Å². The average molecular weight is 233 g/mol. The van der Waals surface area contributed by atoms with Crippen molar-refractivity contribution in [3.63, 3.8) is 0 Å². The molecule has 2 amide bonds. The Morgan fingerprint density at radius 2 is 1.94 bits per heavy atom. The summed E-state index contributed by atoms with van der Waals surface area (Å²) in [6.45, 7) is 1.51. The summed E-state index contributed by atoms with van der Waals surface area (Å²) in [5.74, 6) is -0.772. The van der Waals surface area contributed by atoms with Gasteiger partial charge in [0.25, 0.3) is 5.91 Å². The number of carbonyl (C=O) groups excluding carboxylic acids is 2. The fraction of sp³-hybridized carbons (Fsp3) is 0.167. The van der Waals surface area contributed by atoms with Crippen LogP contribution in [0.2, 0.25) is 0 Å². The van der Waals surface area contributed by atoms with Crippen LogP contribution in [0, 0.1) is 0 Å². The van der Waals surface area contributed by atoms with Crippen LogP contribution in [-0.2, 0) is 9.53 Å². The third-order valence-corrected chi connectivity index (χ3v) is 2.36. The largest absolute Gasteiger partial charge is 0.419 e. The number of rotatable bonds is 2. The highest BCUT2D eigenvalue weighted by Gasteiger charge is 2.31. The van der Waals surface area contributed by atoms with E-state index in [1.165, 1.54) is 6.92 Å². The van der Waals surface area contributed by atoms with E-state index in [1.807, 2.05) is 11.4 Å². The molecule has 5 heteroatoms. The summed E-state index contributed by atoms with van der Waals surface area (Å²) in [5, 5.41) is 11.7. The Morgan fingerprint density at radius 1 is 1.29 bits per heavy atom. The van der Waals surface area contributed by atoms with Crippen molar-refractivity contribution in [2.75, 3.05) is 0 Å². The third-order valence-electron chi connectivity index (χ3n) is 2.36. The highest BCUT2D eigenvalue weighted by atomic mass is 16.6. The summed E-state index contributed by atoms with van der Waals surface area (Å²) in [5.41, 5.74) is 0.941. The second-order valence-electron chi connectivity index (χ2n) is 3.63. The van der Waals surface area contributed by atoms with Crippen molar-refractivity contribution >= 4 is 17.6 Å². The fourth-order valence-electron chi connectivity index (χ4n) is 1.67. The number of hydrogen-bond acceptors (Lipinski definition) is 4. The summed E-state index contributed by atoms with van der Waals surface area (Å²) in [6.07, 6.45) is -1.73. The van der Waals surface area contributed by atoms with Crippen LogP contribution >= 0.6 is 0 Å². The molecule has 1 aliphatic rings. The van der Waals surface area contributed by atoms with Crippen LogP contribution in [-0.4, -0.2) is 23.2 Å². The molecule has 2 rings (SSSR count). The maximum absolute atomic E-state index is 11.5. The van der Waals surface area contributed by atoms with Crippen molar-refractivity contribution in [3.05, 3.63) is 41.7 Å². The van der Waals surface area contributed by atoms with Crippen molar-refractivity contribution in [3.8, 4) is 0 Å². The Balaban J connectivity index is 2.53. The van der Waals surface area contributed by atoms with Gasteiger partial charge in [-0.1, -0.05) is 30.3 Å². The minimum absolute atomic E-state index is 0.142. The van der Waals surface area contributed by atoms with Crippen molar-refractivity contribution in [1.29, 1.82) is 0 Å². The van der Waals surface area contributed by atoms with E-state index >= 15 is 0 Å². The first-order valence-electron chi connectivity index (χ1n) is 5.10. The molecule has 1 aromatic carbocycles. The molecule has 5 nitrogen and oxygen atoms in total. The fourth-order valence-corrected chi connectivity index (χ4v) is 1.67. The highest BCUT2D eigenvalue weighted by molar-refractivity contribution is 6.12. The normalized spacial score (nSPS) is 19.6. The Kier molecular flexibility index (Phi) is 2.93. The Bertz CT molecular complexity index is 490. The molecule has 1 saturated heterocycles. The number of ether oxygens (including phenoxy) is 1. The molecule has 2 N–H and O–H groups in total. The molecule has 0 aromatic heterocycles. The molecule has 0 spiro atoms. The predicted octanol–water partition coefficient (Wildman–Crippen LogP) is 1.04. The van der Waals surface area contributed by atoms with Crippen molar-refractivity contribution in [2.24, 2.45) is 0 Å². The minimum Gasteiger partial charge on any atom is -0.404 e. The second-order valence-corrected chi connectivity index (χ2v) is 3.63. The molecule has 1 aromatic rings. The molecule has 0 saturated carbocycles. The maximum Gasteiger partial charge on any atom is 0.419 e. The summed E-state index contributed by atoms with van der Waals surface area (Å²) < 4.78 is 4.77. The molecule has 1 fully saturated rings. The van der Waals surface area contributed by atoms with Gasteiger partial charge in [-0.2, -0.15) is 0 Å². The smallest absolute Gasteiger partial charge is 0.404 e. The van der Waals surface area contributed by atoms with E-state index in [4.69, 9.17) is 4.74 Å². The maximum atomic E-state index is 11.5. The lowest BCUT2D eigenvalue weighted by Gasteiger charge is -2.11. The zero-order valence-corrected chi connectivity index (χ0v) is 9.14. The molecular formula is C12H11NO4. The van der Waals surface area contributed by atoms with Crippen molar-refractivity contribution in [2.45, 2.75) is 13.0 Å². The summed E-state index contributed by atoms with van der Waals surface area (Å²) >= 11 is 0. The molecule has 0 radical (unpaired) electrons. The number of aliphatic hydroxyl groups is 1. The van der Waals surface area contributed by atoms with E-state index in [0.717, 1.165) is 0 Å². The van der Waals surface area contributed by atoms with Crippen molar-refractivity contribution in [1.82, 2.24) is 5.32 Å². The van der Waals surface area contributed by atoms with Gasteiger partial charge in [-0.3, -0.25) is 10.1 Å². The molecule has 17 heavy (non-hydrogen) atoms. The van der Waals surface area contributed by atoms with E-state index in [2.05, 4.69) is 0 Å². The number of carbonyl (C=O) groups is 2. The van der Waals surface area contributed by atoms with Gasteiger partial charge in [0.1, 0.15) is 0 Å². The standard InChI is InChI=1S/C12H11NO4/c1-7(14)9(8-5-3-2-4-6-8)10-11(15)13-12(16)17-10/h2-7,14H,1H3,(H,13,15,16)/b10-9+/t7-/m0/s1. The Labute approximate surface area is 97.7 Å². The van der Waals surface area contributed by atoms with Gasteiger partial charge in [-0.25, -0.2) is 4.79 Å². The Morgan fingerprint density at radius 3 is 2.41 bits per heavy atom. The number of cyclic esters (lactones) is 1. The van der Waals surface area contributed by atoms with Gasteiger partial charge in [0, 0.05) is 5.57 Å². The van der Waals surface area contributed by atoms with E-state index in [0.29, 0.717) is 11.1 Å². The van der Waals surface area contributed by atoms with E-state index in [9.17, 15) is 14.7 Å². The zero-order chi connectivity index (χ0) is 12.4. The molecule has 0 bridgehead atoms. The highest BCUT2D eigenvalue weighted by Crippen LogP contribution is 2.25. The molecule has 1 atom stereocenters. The summed E-state index contributed by atoms with van der Waals surface area (Å²) in [4.78, 5) is 22.4. The van der Waals surface area contributed by atoms with Gasteiger partial charge in [0.2, 0.25) is 5.76 Å². The van der Waals surface area contributed by atoms with Crippen LogP contribution in [0.25, 0.3) is 5.57 Å². The Hall–Kier alpha value is -2.14. The number of alkyl carbamates (subject to hydrolysis) is 1. The minimum atomic E-state index is -0.913. The predicted molar refractivity (Wildman–Crippen MR) is 59.7 cm³/mol. The van der Waals surface area contributed by atoms with Gasteiger partial charge in [0.05, 0.1) is 6.10 Å². The second kappa shape index (κ2) is 4.39. The van der Waals surface area contributed by atoms with Crippen LogP contribution in [0.15, 0.2) is 36.1 Å². The van der Waals surface area contributed by atoms with E-state index in [1.54, 1.807) is 24.3 Å². The van der Waals surface area contributed by atoms with Gasteiger partial charge in [-0.15, -0.1) is 0 Å². The zero-order valence-electron chi connectivity index (χ0n) is 9.14. The first-order valence-corrected chi connectivity index (χ1v) is 5.10. The molecule has 88 valence electrons. The average Bonchev–Trinajstić information content (AvgIpc) is 2.59. The SMILES string of the molecule is C[C@H](O)/C(=C1\OC(=O)NC1=O)c1ccccc1. The van der Waals surface area contributed by atoms with Gasteiger partial charge in [-0.05, 0) is 12.5 Å². The topological polar surface area (TPSA) is 75.6 Å². The molecule has 0 aliphatic carbocycles. The molecule has 1 heterocycles. The van der Waals surface area contributed by atoms with Crippen LogP contribution < -0.4 is 5.32 Å². The first kappa shape index (κ1) is 11.3. The molecular weight excluding hydrogens is 222 g/mol. The van der Waals surface area contributed by atoms with Crippen LogP contribution in [0.5, 0.6) is 0 Å². The first-order chi connectivity index (χ1) is 8.09. The van der Waals surface area contributed by atoms with Gasteiger partial charge < -0.3 is 9.84 Å². The lowest BCUT2D eigenvalue weighted by Crippen LogP contribution is -2.19. The lowest BCUT2D eigenvalue weighted by molar-refractivity contribution is -0.116. The van der Waals surface area contributed by atoms with E-state index < -0.39 is 18.1 Å². The summed E-state index contributed by atoms with van der Waals surface area (Å²) in [7, 11) is 0. The van der Waals surface area contributed by atoms with Crippen LogP contribution in [0.4, 0.5) is 4.79 Å². The number of nitrogens with one attached hydrogen (secondary N) is 1. The number of hydrogen-bond donors (Lipinski definition) is 2. The van der Waals surface area contributed by atoms with Gasteiger partial charge in [0.15, 0.2) is 0 Å². The van der Waals surface area contributed by atoms with Crippen LogP contribution in [0.1, 0.15) is 12.5 Å². The summed E-state index contributed by atoms with van der Waals surface area (Å²) in [6, 6.07) is 8.82. The van der Waals surface area contributed by atoms with E-state index in [-0.39, 0.29) is 5.76 Å². The number of imide groups is 1.